The molecule has 8 heteroatoms. The summed E-state index contributed by atoms with van der Waals surface area (Å²) >= 11 is 0. The van der Waals surface area contributed by atoms with E-state index in [9.17, 15) is 19.2 Å². The standard InChI is InChI=1S/C12H21N3O5/c1-6(13)11(18)15-8(3)12(19)14-7(2)10(17)5-20-9(4)16/h6-8H,5,13H2,1-4H3,(H,14,19)(H,15,18)/t6-,7-,8+/m0/s1. The highest BCUT2D eigenvalue weighted by atomic mass is 16.5. The van der Waals surface area contributed by atoms with Crippen LogP contribution in [0.4, 0.5) is 0 Å². The normalized spacial score (nSPS) is 14.7. The second-order valence-electron chi connectivity index (χ2n) is 4.50. The summed E-state index contributed by atoms with van der Waals surface area (Å²) in [7, 11) is 0. The fourth-order valence-corrected chi connectivity index (χ4v) is 1.13. The van der Waals surface area contributed by atoms with Crippen LogP contribution in [0, 0.1) is 0 Å². The fourth-order valence-electron chi connectivity index (χ4n) is 1.13. The summed E-state index contributed by atoms with van der Waals surface area (Å²) in [6.45, 7) is 5.20. The average Bonchev–Trinajstić information content (AvgIpc) is 2.35. The van der Waals surface area contributed by atoms with Gasteiger partial charge in [0.1, 0.15) is 6.04 Å². The van der Waals surface area contributed by atoms with Gasteiger partial charge in [0.25, 0.3) is 0 Å². The van der Waals surface area contributed by atoms with E-state index in [2.05, 4.69) is 15.4 Å². The molecule has 0 aromatic rings. The molecule has 0 saturated heterocycles. The first-order chi connectivity index (χ1) is 9.15. The Kier molecular flexibility index (Phi) is 7.45. The lowest BCUT2D eigenvalue weighted by Gasteiger charge is -2.18. The molecule has 20 heavy (non-hydrogen) atoms. The number of carbonyl (C=O) groups is 4. The van der Waals surface area contributed by atoms with E-state index >= 15 is 0 Å². The van der Waals surface area contributed by atoms with Crippen LogP contribution >= 0.6 is 0 Å². The molecule has 8 nitrogen and oxygen atoms in total. The summed E-state index contributed by atoms with van der Waals surface area (Å²) in [5.41, 5.74) is 5.36. The van der Waals surface area contributed by atoms with Crippen molar-refractivity contribution in [3.63, 3.8) is 0 Å². The maximum atomic E-state index is 11.7. The van der Waals surface area contributed by atoms with Gasteiger partial charge in [0.2, 0.25) is 11.8 Å². The van der Waals surface area contributed by atoms with Gasteiger partial charge in [0, 0.05) is 6.92 Å². The lowest BCUT2D eigenvalue weighted by molar-refractivity contribution is -0.146. The van der Waals surface area contributed by atoms with Crippen LogP contribution in [0.1, 0.15) is 27.7 Å². The summed E-state index contributed by atoms with van der Waals surface area (Å²) in [6.07, 6.45) is 0. The predicted octanol–water partition coefficient (Wildman–Crippen LogP) is -1.52. The monoisotopic (exact) mass is 287 g/mol. The number of hydrogen-bond donors (Lipinski definition) is 3. The molecule has 3 atom stereocenters. The highest BCUT2D eigenvalue weighted by Gasteiger charge is 2.22. The molecule has 0 unspecified atom stereocenters. The lowest BCUT2D eigenvalue weighted by Crippen LogP contribution is -2.52. The van der Waals surface area contributed by atoms with Crippen LogP contribution < -0.4 is 16.4 Å². The summed E-state index contributed by atoms with van der Waals surface area (Å²) in [6, 6.07) is -2.37. The van der Waals surface area contributed by atoms with Gasteiger partial charge in [-0.2, -0.15) is 0 Å². The highest BCUT2D eigenvalue weighted by molar-refractivity contribution is 5.93. The van der Waals surface area contributed by atoms with E-state index in [1.807, 2.05) is 0 Å². The molecule has 0 spiro atoms. The highest BCUT2D eigenvalue weighted by Crippen LogP contribution is 1.91. The van der Waals surface area contributed by atoms with E-state index in [1.165, 1.54) is 27.7 Å². The molecule has 0 saturated carbocycles. The Bertz CT molecular complexity index is 395. The van der Waals surface area contributed by atoms with Crippen LogP contribution in [0.15, 0.2) is 0 Å². The Balaban J connectivity index is 4.27. The molecule has 0 heterocycles. The van der Waals surface area contributed by atoms with Gasteiger partial charge in [-0.3, -0.25) is 19.2 Å². The number of amides is 2. The smallest absolute Gasteiger partial charge is 0.303 e. The Morgan fingerprint density at radius 2 is 1.50 bits per heavy atom. The van der Waals surface area contributed by atoms with E-state index < -0.39 is 48.3 Å². The number of Topliss-reactive ketones (excluding diaryl/α,β-unsaturated/α-hetero) is 1. The van der Waals surface area contributed by atoms with Gasteiger partial charge in [-0.05, 0) is 20.8 Å². The van der Waals surface area contributed by atoms with Crippen molar-refractivity contribution >= 4 is 23.6 Å². The molecule has 0 aliphatic carbocycles. The van der Waals surface area contributed by atoms with Crippen molar-refractivity contribution in [1.82, 2.24) is 10.6 Å². The van der Waals surface area contributed by atoms with Crippen LogP contribution in [0.25, 0.3) is 0 Å². The maximum Gasteiger partial charge on any atom is 0.303 e. The molecule has 0 aliphatic heterocycles. The van der Waals surface area contributed by atoms with Crippen molar-refractivity contribution in [1.29, 1.82) is 0 Å². The number of esters is 1. The molecule has 2 amide bonds. The van der Waals surface area contributed by atoms with Gasteiger partial charge in [0.05, 0.1) is 12.1 Å². The van der Waals surface area contributed by atoms with Crippen molar-refractivity contribution in [3.8, 4) is 0 Å². The molecule has 0 aromatic heterocycles. The van der Waals surface area contributed by atoms with Crippen LogP contribution in [0.2, 0.25) is 0 Å². The van der Waals surface area contributed by atoms with Crippen LogP contribution in [-0.2, 0) is 23.9 Å². The number of nitrogens with two attached hydrogens (primary N) is 1. The zero-order valence-corrected chi connectivity index (χ0v) is 12.1. The first-order valence-electron chi connectivity index (χ1n) is 6.17. The van der Waals surface area contributed by atoms with Crippen molar-refractivity contribution in [3.05, 3.63) is 0 Å². The van der Waals surface area contributed by atoms with Gasteiger partial charge in [-0.1, -0.05) is 0 Å². The van der Waals surface area contributed by atoms with Gasteiger partial charge >= 0.3 is 5.97 Å². The number of carbonyl (C=O) groups excluding carboxylic acids is 4. The minimum atomic E-state index is -0.823. The fraction of sp³-hybridized carbons (Fsp3) is 0.667. The largest absolute Gasteiger partial charge is 0.458 e. The van der Waals surface area contributed by atoms with Crippen LogP contribution in [0.3, 0.4) is 0 Å². The first kappa shape index (κ1) is 18.0. The van der Waals surface area contributed by atoms with E-state index in [0.717, 1.165) is 0 Å². The summed E-state index contributed by atoms with van der Waals surface area (Å²) in [5.74, 6) is -2.01. The maximum absolute atomic E-state index is 11.7. The Morgan fingerprint density at radius 1 is 1.00 bits per heavy atom. The third-order valence-electron chi connectivity index (χ3n) is 2.43. The Morgan fingerprint density at radius 3 is 1.95 bits per heavy atom. The minimum absolute atomic E-state index is 0.405. The third-order valence-corrected chi connectivity index (χ3v) is 2.43. The summed E-state index contributed by atoms with van der Waals surface area (Å²) in [4.78, 5) is 45.1. The molecule has 4 N–H and O–H groups in total. The van der Waals surface area contributed by atoms with E-state index in [4.69, 9.17) is 5.73 Å². The van der Waals surface area contributed by atoms with Crippen molar-refractivity contribution in [2.45, 2.75) is 45.8 Å². The summed E-state index contributed by atoms with van der Waals surface area (Å²) in [5, 5.41) is 4.81. The van der Waals surface area contributed by atoms with Crippen molar-refractivity contribution in [2.75, 3.05) is 6.61 Å². The van der Waals surface area contributed by atoms with E-state index in [1.54, 1.807) is 0 Å². The van der Waals surface area contributed by atoms with Gasteiger partial charge in [-0.15, -0.1) is 0 Å². The molecule has 0 aromatic carbocycles. The van der Waals surface area contributed by atoms with Gasteiger partial charge < -0.3 is 21.1 Å². The molecule has 0 rings (SSSR count). The topological polar surface area (TPSA) is 128 Å². The van der Waals surface area contributed by atoms with Gasteiger partial charge in [-0.25, -0.2) is 0 Å². The molecular formula is C12H21N3O5. The molecule has 114 valence electrons. The second-order valence-corrected chi connectivity index (χ2v) is 4.50. The third kappa shape index (κ3) is 6.83. The number of hydrogen-bond acceptors (Lipinski definition) is 6. The van der Waals surface area contributed by atoms with Gasteiger partial charge in [0.15, 0.2) is 12.4 Å². The zero-order chi connectivity index (χ0) is 15.9. The Labute approximate surface area is 117 Å². The second kappa shape index (κ2) is 8.26. The number of ketones is 1. The molecule has 0 aliphatic rings. The van der Waals surface area contributed by atoms with Crippen molar-refractivity contribution < 1.29 is 23.9 Å². The first-order valence-corrected chi connectivity index (χ1v) is 6.17. The summed E-state index contributed by atoms with van der Waals surface area (Å²) < 4.78 is 4.54. The van der Waals surface area contributed by atoms with Crippen LogP contribution in [0.5, 0.6) is 0 Å². The zero-order valence-electron chi connectivity index (χ0n) is 12.1. The average molecular weight is 287 g/mol. The molecule has 0 radical (unpaired) electrons. The SMILES string of the molecule is CC(=O)OCC(=O)[C@H](C)NC(=O)[C@@H](C)NC(=O)[C@H](C)N. The minimum Gasteiger partial charge on any atom is -0.458 e. The quantitative estimate of drug-likeness (QED) is 0.488. The van der Waals surface area contributed by atoms with Crippen LogP contribution in [-0.4, -0.2) is 48.3 Å². The van der Waals surface area contributed by atoms with E-state index in [0.29, 0.717) is 0 Å². The predicted molar refractivity (Wildman–Crippen MR) is 70.5 cm³/mol. The van der Waals surface area contributed by atoms with E-state index in [-0.39, 0.29) is 0 Å². The molecule has 0 fully saturated rings. The molecular weight excluding hydrogens is 266 g/mol. The number of rotatable bonds is 7. The lowest BCUT2D eigenvalue weighted by atomic mass is 10.2. The number of ether oxygens (including phenoxy) is 1. The molecule has 0 bridgehead atoms. The number of nitrogens with one attached hydrogen (secondary N) is 2. The Hall–Kier alpha value is -1.96. The van der Waals surface area contributed by atoms with Crippen molar-refractivity contribution in [2.24, 2.45) is 5.73 Å².